The fourth-order valence-electron chi connectivity index (χ4n) is 2.74. The van der Waals surface area contributed by atoms with Crippen molar-refractivity contribution >= 4 is 35.2 Å². The van der Waals surface area contributed by atoms with Gasteiger partial charge in [0.25, 0.3) is 11.8 Å². The topological polar surface area (TPSA) is 106 Å². The standard InChI is InChI=1S/C21H23N3O5S/c1-3-4-9-29-16-7-5-14(11-17(16)28-2)21(27)24-23-20(26)13-6-8-18-15(10-13)22-19(25)12-30-18/h5-8,10-11H,3-4,9,12H2,1-2H3,(H,22,25)(H,23,26)(H,24,27). The maximum Gasteiger partial charge on any atom is 0.269 e. The highest BCUT2D eigenvalue weighted by Crippen LogP contribution is 2.32. The maximum atomic E-state index is 12.4. The number of thioether (sulfide) groups is 1. The number of nitrogens with one attached hydrogen (secondary N) is 3. The van der Waals surface area contributed by atoms with Gasteiger partial charge in [0.2, 0.25) is 5.91 Å². The van der Waals surface area contributed by atoms with Crippen LogP contribution < -0.4 is 25.6 Å². The van der Waals surface area contributed by atoms with Crippen LogP contribution in [0.15, 0.2) is 41.3 Å². The highest BCUT2D eigenvalue weighted by atomic mass is 32.2. The minimum absolute atomic E-state index is 0.116. The largest absolute Gasteiger partial charge is 0.493 e. The summed E-state index contributed by atoms with van der Waals surface area (Å²) in [4.78, 5) is 37.2. The third-order valence-electron chi connectivity index (χ3n) is 4.35. The van der Waals surface area contributed by atoms with Gasteiger partial charge in [-0.15, -0.1) is 11.8 Å². The zero-order chi connectivity index (χ0) is 21.5. The summed E-state index contributed by atoms with van der Waals surface area (Å²) in [6.45, 7) is 2.63. The number of hydrazine groups is 1. The summed E-state index contributed by atoms with van der Waals surface area (Å²) in [5.41, 5.74) is 5.97. The summed E-state index contributed by atoms with van der Waals surface area (Å²) in [6.07, 6.45) is 1.93. The lowest BCUT2D eigenvalue weighted by molar-refractivity contribution is -0.113. The van der Waals surface area contributed by atoms with Gasteiger partial charge in [0.05, 0.1) is 25.2 Å². The summed E-state index contributed by atoms with van der Waals surface area (Å²) in [7, 11) is 1.50. The molecule has 0 atom stereocenters. The molecule has 0 saturated heterocycles. The first-order valence-corrected chi connectivity index (χ1v) is 10.5. The second kappa shape index (κ2) is 10.0. The van der Waals surface area contributed by atoms with E-state index >= 15 is 0 Å². The van der Waals surface area contributed by atoms with Crippen LogP contribution in [0.2, 0.25) is 0 Å². The molecule has 0 unspecified atom stereocenters. The van der Waals surface area contributed by atoms with Crippen molar-refractivity contribution in [3.8, 4) is 11.5 Å². The molecule has 2 aromatic rings. The van der Waals surface area contributed by atoms with Crippen molar-refractivity contribution in [2.24, 2.45) is 0 Å². The van der Waals surface area contributed by atoms with Crippen molar-refractivity contribution in [1.82, 2.24) is 10.9 Å². The molecule has 0 fully saturated rings. The summed E-state index contributed by atoms with van der Waals surface area (Å²) in [5, 5.41) is 2.73. The molecule has 0 spiro atoms. The normalized spacial score (nSPS) is 12.4. The Labute approximate surface area is 178 Å². The van der Waals surface area contributed by atoms with Crippen molar-refractivity contribution in [3.63, 3.8) is 0 Å². The Bertz CT molecular complexity index is 964. The average molecular weight is 429 g/mol. The van der Waals surface area contributed by atoms with Crippen LogP contribution in [0.5, 0.6) is 11.5 Å². The van der Waals surface area contributed by atoms with Gasteiger partial charge in [-0.3, -0.25) is 25.2 Å². The lowest BCUT2D eigenvalue weighted by Gasteiger charge is -2.17. The Morgan fingerprint density at radius 2 is 1.77 bits per heavy atom. The molecule has 0 bridgehead atoms. The number of methoxy groups -OCH3 is 1. The van der Waals surface area contributed by atoms with Crippen LogP contribution >= 0.6 is 11.8 Å². The first-order chi connectivity index (χ1) is 14.5. The molecular formula is C21H23N3O5S. The maximum absolute atomic E-state index is 12.4. The van der Waals surface area contributed by atoms with Gasteiger partial charge >= 0.3 is 0 Å². The lowest BCUT2D eigenvalue weighted by Crippen LogP contribution is -2.41. The number of fused-ring (bicyclic) bond motifs is 1. The molecule has 3 amide bonds. The summed E-state index contributed by atoms with van der Waals surface area (Å²) in [6, 6.07) is 9.78. The molecule has 158 valence electrons. The molecule has 1 aliphatic heterocycles. The van der Waals surface area contributed by atoms with Gasteiger partial charge in [-0.2, -0.15) is 0 Å². The summed E-state index contributed by atoms with van der Waals surface area (Å²) in [5.74, 6) is 0.231. The summed E-state index contributed by atoms with van der Waals surface area (Å²) < 4.78 is 10.9. The number of hydrogen-bond donors (Lipinski definition) is 3. The van der Waals surface area contributed by atoms with Crippen LogP contribution in [0.25, 0.3) is 0 Å². The molecule has 9 heteroatoms. The second-order valence-corrected chi connectivity index (χ2v) is 7.54. The molecular weight excluding hydrogens is 406 g/mol. The van der Waals surface area contributed by atoms with Gasteiger partial charge in [-0.25, -0.2) is 0 Å². The molecule has 3 N–H and O–H groups in total. The molecule has 0 aliphatic carbocycles. The van der Waals surface area contributed by atoms with E-state index in [0.29, 0.717) is 40.7 Å². The van der Waals surface area contributed by atoms with Crippen LogP contribution in [0.4, 0.5) is 5.69 Å². The van der Waals surface area contributed by atoms with Gasteiger partial charge in [0.15, 0.2) is 11.5 Å². The molecule has 0 aromatic heterocycles. The van der Waals surface area contributed by atoms with E-state index in [1.165, 1.54) is 18.9 Å². The van der Waals surface area contributed by atoms with Crippen molar-refractivity contribution < 1.29 is 23.9 Å². The minimum atomic E-state index is -0.498. The number of benzene rings is 2. The fraction of sp³-hybridized carbons (Fsp3) is 0.286. The average Bonchev–Trinajstić information content (AvgIpc) is 2.76. The van der Waals surface area contributed by atoms with E-state index in [4.69, 9.17) is 9.47 Å². The van der Waals surface area contributed by atoms with Crippen molar-refractivity contribution in [1.29, 1.82) is 0 Å². The van der Waals surface area contributed by atoms with Crippen LogP contribution in [0.1, 0.15) is 40.5 Å². The van der Waals surface area contributed by atoms with Gasteiger partial charge < -0.3 is 14.8 Å². The SMILES string of the molecule is CCCCOc1ccc(C(=O)NNC(=O)c2ccc3c(c2)NC(=O)CS3)cc1OC. The number of anilines is 1. The number of carbonyl (C=O) groups is 3. The minimum Gasteiger partial charge on any atom is -0.493 e. The van der Waals surface area contributed by atoms with Crippen LogP contribution in [-0.2, 0) is 4.79 Å². The summed E-state index contributed by atoms with van der Waals surface area (Å²) >= 11 is 1.41. The van der Waals surface area contributed by atoms with Crippen LogP contribution in [0, 0.1) is 0 Å². The Morgan fingerprint density at radius 3 is 2.47 bits per heavy atom. The van der Waals surface area contributed by atoms with Gasteiger partial charge in [-0.1, -0.05) is 13.3 Å². The van der Waals surface area contributed by atoms with E-state index in [-0.39, 0.29) is 5.91 Å². The zero-order valence-electron chi connectivity index (χ0n) is 16.7. The number of carbonyl (C=O) groups excluding carboxylic acids is 3. The smallest absolute Gasteiger partial charge is 0.269 e. The van der Waals surface area contributed by atoms with Crippen LogP contribution in [0.3, 0.4) is 0 Å². The van der Waals surface area contributed by atoms with Crippen molar-refractivity contribution in [2.45, 2.75) is 24.7 Å². The van der Waals surface area contributed by atoms with E-state index in [2.05, 4.69) is 23.1 Å². The number of hydrogen-bond acceptors (Lipinski definition) is 6. The fourth-order valence-corrected chi connectivity index (χ4v) is 3.53. The van der Waals surface area contributed by atoms with Crippen LogP contribution in [-0.4, -0.2) is 37.2 Å². The monoisotopic (exact) mass is 429 g/mol. The zero-order valence-corrected chi connectivity index (χ0v) is 17.6. The quantitative estimate of drug-likeness (QED) is 0.462. The number of rotatable bonds is 7. The highest BCUT2D eigenvalue weighted by molar-refractivity contribution is 8.00. The molecule has 1 heterocycles. The molecule has 3 rings (SSSR count). The predicted octanol–water partition coefficient (Wildman–Crippen LogP) is 2.99. The molecule has 0 radical (unpaired) electrons. The van der Waals surface area contributed by atoms with E-state index in [1.54, 1.807) is 36.4 Å². The van der Waals surface area contributed by atoms with Gasteiger partial charge in [0.1, 0.15) is 0 Å². The first-order valence-electron chi connectivity index (χ1n) is 9.50. The van der Waals surface area contributed by atoms with Gasteiger partial charge in [-0.05, 0) is 42.8 Å². The van der Waals surface area contributed by atoms with Gasteiger partial charge in [0, 0.05) is 16.0 Å². The van der Waals surface area contributed by atoms with Crippen molar-refractivity contribution in [2.75, 3.05) is 24.8 Å². The lowest BCUT2D eigenvalue weighted by atomic mass is 10.2. The van der Waals surface area contributed by atoms with Crippen molar-refractivity contribution in [3.05, 3.63) is 47.5 Å². The second-order valence-electron chi connectivity index (χ2n) is 6.52. The van der Waals surface area contributed by atoms with E-state index < -0.39 is 11.8 Å². The molecule has 2 aromatic carbocycles. The molecule has 8 nitrogen and oxygen atoms in total. The number of amides is 3. The molecule has 1 aliphatic rings. The van der Waals surface area contributed by atoms with E-state index in [1.807, 2.05) is 0 Å². The Kier molecular flexibility index (Phi) is 7.18. The first kappa shape index (κ1) is 21.5. The predicted molar refractivity (Wildman–Crippen MR) is 114 cm³/mol. The Balaban J connectivity index is 1.61. The highest BCUT2D eigenvalue weighted by Gasteiger charge is 2.18. The molecule has 0 saturated carbocycles. The third-order valence-corrected chi connectivity index (χ3v) is 5.42. The van der Waals surface area contributed by atoms with E-state index in [9.17, 15) is 14.4 Å². The Hall–Kier alpha value is -3.20. The number of unbranched alkanes of at least 4 members (excludes halogenated alkanes) is 1. The number of ether oxygens (including phenoxy) is 2. The third kappa shape index (κ3) is 5.24. The Morgan fingerprint density at radius 1 is 1.07 bits per heavy atom. The van der Waals surface area contributed by atoms with E-state index in [0.717, 1.165) is 17.7 Å². The molecule has 30 heavy (non-hydrogen) atoms.